The fraction of sp³-hybridized carbons (Fsp3) is 0.909. The molecule has 0 aromatic carbocycles. The number of alkyl halides is 1. The smallest absolute Gasteiger partial charge is 0.0657 e. The SMILES string of the molecule is C[C@H](CI)[C@H]1CC[C@H]2[C@@H]3CC=C4CC(C)(O)CC[C@@H]4[C@H]3CC[C@]12C. The van der Waals surface area contributed by atoms with Gasteiger partial charge in [0.25, 0.3) is 0 Å². The van der Waals surface area contributed by atoms with Crippen molar-refractivity contribution in [2.24, 2.45) is 40.9 Å². The summed E-state index contributed by atoms with van der Waals surface area (Å²) < 4.78 is 1.32. The van der Waals surface area contributed by atoms with E-state index in [0.717, 1.165) is 48.3 Å². The third kappa shape index (κ3) is 2.73. The molecule has 8 atom stereocenters. The number of hydrogen-bond acceptors (Lipinski definition) is 1. The molecule has 1 N–H and O–H groups in total. The predicted molar refractivity (Wildman–Crippen MR) is 109 cm³/mol. The minimum absolute atomic E-state index is 0.438. The molecule has 4 aliphatic rings. The van der Waals surface area contributed by atoms with Gasteiger partial charge in [-0.2, -0.15) is 0 Å². The van der Waals surface area contributed by atoms with E-state index in [0.29, 0.717) is 5.41 Å². The summed E-state index contributed by atoms with van der Waals surface area (Å²) in [5.74, 6) is 5.47. The van der Waals surface area contributed by atoms with Gasteiger partial charge in [0.2, 0.25) is 0 Å². The molecule has 0 aromatic rings. The van der Waals surface area contributed by atoms with Crippen molar-refractivity contribution in [1.29, 1.82) is 0 Å². The summed E-state index contributed by atoms with van der Waals surface area (Å²) in [4.78, 5) is 0. The fourth-order valence-corrected chi connectivity index (χ4v) is 8.16. The second-order valence-electron chi connectivity index (χ2n) is 10.1. The number of halogens is 1. The van der Waals surface area contributed by atoms with Gasteiger partial charge in [0.05, 0.1) is 5.60 Å². The molecule has 1 unspecified atom stereocenters. The average molecular weight is 442 g/mol. The van der Waals surface area contributed by atoms with Crippen LogP contribution in [0.15, 0.2) is 11.6 Å². The van der Waals surface area contributed by atoms with E-state index in [1.807, 2.05) is 6.92 Å². The first kappa shape index (κ1) is 17.8. The molecule has 2 heteroatoms. The van der Waals surface area contributed by atoms with Gasteiger partial charge in [-0.1, -0.05) is 48.1 Å². The van der Waals surface area contributed by atoms with E-state index in [1.54, 1.807) is 5.57 Å². The molecule has 24 heavy (non-hydrogen) atoms. The van der Waals surface area contributed by atoms with Crippen molar-refractivity contribution in [1.82, 2.24) is 0 Å². The molecular weight excluding hydrogens is 407 g/mol. The number of rotatable bonds is 2. The van der Waals surface area contributed by atoms with Gasteiger partial charge in [0.1, 0.15) is 0 Å². The van der Waals surface area contributed by atoms with Gasteiger partial charge in [-0.3, -0.25) is 0 Å². The van der Waals surface area contributed by atoms with Crippen LogP contribution in [-0.4, -0.2) is 15.1 Å². The second-order valence-corrected chi connectivity index (χ2v) is 11.0. The summed E-state index contributed by atoms with van der Waals surface area (Å²) >= 11 is 2.60. The van der Waals surface area contributed by atoms with Gasteiger partial charge in [-0.25, -0.2) is 0 Å². The quantitative estimate of drug-likeness (QED) is 0.316. The Morgan fingerprint density at radius 1 is 1.17 bits per heavy atom. The molecule has 3 saturated carbocycles. The lowest BCUT2D eigenvalue weighted by Gasteiger charge is -2.55. The zero-order chi connectivity index (χ0) is 17.1. The molecule has 0 radical (unpaired) electrons. The number of fused-ring (bicyclic) bond motifs is 5. The van der Waals surface area contributed by atoms with E-state index < -0.39 is 5.60 Å². The van der Waals surface area contributed by atoms with Gasteiger partial charge in [-0.15, -0.1) is 0 Å². The largest absolute Gasteiger partial charge is 0.390 e. The molecule has 0 heterocycles. The van der Waals surface area contributed by atoms with Crippen LogP contribution < -0.4 is 0 Å². The van der Waals surface area contributed by atoms with Gasteiger partial charge in [0, 0.05) is 4.43 Å². The van der Waals surface area contributed by atoms with E-state index in [2.05, 4.69) is 42.5 Å². The molecule has 4 rings (SSSR count). The number of aliphatic hydroxyl groups is 1. The lowest BCUT2D eigenvalue weighted by molar-refractivity contribution is -0.0384. The highest BCUT2D eigenvalue weighted by molar-refractivity contribution is 14.1. The summed E-state index contributed by atoms with van der Waals surface area (Å²) in [6, 6.07) is 0. The highest BCUT2D eigenvalue weighted by Gasteiger charge is 2.56. The zero-order valence-corrected chi connectivity index (χ0v) is 17.9. The third-order valence-electron chi connectivity index (χ3n) is 8.72. The Bertz CT molecular complexity index is 524. The van der Waals surface area contributed by atoms with Crippen molar-refractivity contribution >= 4 is 22.6 Å². The Hall–Kier alpha value is 0.430. The topological polar surface area (TPSA) is 20.2 Å². The van der Waals surface area contributed by atoms with Crippen molar-refractivity contribution in [3.63, 3.8) is 0 Å². The molecule has 1 nitrogen and oxygen atoms in total. The normalized spacial score (nSPS) is 52.0. The first-order valence-corrected chi connectivity index (χ1v) is 11.9. The van der Waals surface area contributed by atoms with Crippen LogP contribution in [0.1, 0.15) is 72.1 Å². The molecule has 0 amide bonds. The van der Waals surface area contributed by atoms with Crippen LogP contribution in [0.5, 0.6) is 0 Å². The zero-order valence-electron chi connectivity index (χ0n) is 15.7. The lowest BCUT2D eigenvalue weighted by atomic mass is 9.50. The Balaban J connectivity index is 1.58. The molecule has 3 fully saturated rings. The standard InChI is InChI=1S/C22H35IO/c1-14(13-23)19-6-7-20-18-5-4-15-12-21(2,24)10-8-16(15)17(18)9-11-22(19,20)3/h4,14,16-20,24H,5-13H2,1-3H3/t14-,16+,17-,18-,19-,20+,21?,22-/m1/s1. The van der Waals surface area contributed by atoms with Crippen LogP contribution >= 0.6 is 22.6 Å². The van der Waals surface area contributed by atoms with E-state index in [-0.39, 0.29) is 0 Å². The van der Waals surface area contributed by atoms with Gasteiger partial charge >= 0.3 is 0 Å². The van der Waals surface area contributed by atoms with Crippen molar-refractivity contribution in [2.75, 3.05) is 4.43 Å². The molecule has 0 bridgehead atoms. The lowest BCUT2D eigenvalue weighted by Crippen LogP contribution is -2.48. The molecule has 136 valence electrons. The van der Waals surface area contributed by atoms with E-state index in [1.165, 1.54) is 43.0 Å². The summed E-state index contributed by atoms with van der Waals surface area (Å²) in [5.41, 5.74) is 1.79. The maximum atomic E-state index is 10.5. The van der Waals surface area contributed by atoms with Crippen molar-refractivity contribution in [3.05, 3.63) is 11.6 Å². The highest BCUT2D eigenvalue weighted by Crippen LogP contribution is 2.64. The summed E-state index contributed by atoms with van der Waals surface area (Å²) in [6.07, 6.45) is 12.9. The molecular formula is C22H35IO. The Morgan fingerprint density at radius 3 is 2.71 bits per heavy atom. The Labute approximate surface area is 162 Å². The van der Waals surface area contributed by atoms with Crippen LogP contribution in [0.4, 0.5) is 0 Å². The molecule has 0 saturated heterocycles. The average Bonchev–Trinajstić information content (AvgIpc) is 2.90. The van der Waals surface area contributed by atoms with Crippen LogP contribution in [0, 0.1) is 40.9 Å². The minimum Gasteiger partial charge on any atom is -0.390 e. The van der Waals surface area contributed by atoms with Gasteiger partial charge < -0.3 is 5.11 Å². The van der Waals surface area contributed by atoms with Gasteiger partial charge in [-0.05, 0) is 99.2 Å². The molecule has 4 aliphatic carbocycles. The minimum atomic E-state index is -0.438. The summed E-state index contributed by atoms with van der Waals surface area (Å²) in [5, 5.41) is 10.5. The third-order valence-corrected chi connectivity index (χ3v) is 10.1. The first-order chi connectivity index (χ1) is 11.4. The van der Waals surface area contributed by atoms with E-state index in [4.69, 9.17) is 0 Å². The van der Waals surface area contributed by atoms with Crippen molar-refractivity contribution in [3.8, 4) is 0 Å². The maximum Gasteiger partial charge on any atom is 0.0657 e. The fourth-order valence-electron chi connectivity index (χ4n) is 7.55. The van der Waals surface area contributed by atoms with Gasteiger partial charge in [0.15, 0.2) is 0 Å². The van der Waals surface area contributed by atoms with Crippen molar-refractivity contribution in [2.45, 2.75) is 77.7 Å². The first-order valence-electron chi connectivity index (χ1n) is 10.3. The number of hydrogen-bond donors (Lipinski definition) is 1. The molecule has 0 aliphatic heterocycles. The molecule has 0 aromatic heterocycles. The van der Waals surface area contributed by atoms with Crippen LogP contribution in [-0.2, 0) is 0 Å². The predicted octanol–water partition coefficient (Wildman–Crippen LogP) is 6.00. The van der Waals surface area contributed by atoms with E-state index >= 15 is 0 Å². The van der Waals surface area contributed by atoms with Crippen molar-refractivity contribution < 1.29 is 5.11 Å². The Morgan fingerprint density at radius 2 is 1.96 bits per heavy atom. The highest BCUT2D eigenvalue weighted by atomic mass is 127. The second kappa shape index (κ2) is 6.25. The summed E-state index contributed by atoms with van der Waals surface area (Å²) in [6.45, 7) is 7.19. The summed E-state index contributed by atoms with van der Waals surface area (Å²) in [7, 11) is 0. The van der Waals surface area contributed by atoms with Crippen LogP contribution in [0.2, 0.25) is 0 Å². The molecule has 0 spiro atoms. The van der Waals surface area contributed by atoms with Crippen LogP contribution in [0.25, 0.3) is 0 Å². The Kier molecular flexibility index (Phi) is 4.64. The maximum absolute atomic E-state index is 10.5. The monoisotopic (exact) mass is 442 g/mol. The van der Waals surface area contributed by atoms with E-state index in [9.17, 15) is 5.11 Å². The number of allylic oxidation sites excluding steroid dienone is 1. The van der Waals surface area contributed by atoms with Crippen LogP contribution in [0.3, 0.4) is 0 Å².